The van der Waals surface area contributed by atoms with Crippen molar-refractivity contribution in [1.29, 1.82) is 0 Å². The fraction of sp³-hybridized carbons (Fsp3) is 0.278. The maximum absolute atomic E-state index is 5.46. The average Bonchev–Trinajstić information content (AvgIpc) is 3.01. The van der Waals surface area contributed by atoms with Crippen molar-refractivity contribution in [3.63, 3.8) is 0 Å². The van der Waals surface area contributed by atoms with Crippen LogP contribution in [0.2, 0.25) is 0 Å². The van der Waals surface area contributed by atoms with Gasteiger partial charge in [0.2, 0.25) is 0 Å². The quantitative estimate of drug-likeness (QED) is 0.754. The summed E-state index contributed by atoms with van der Waals surface area (Å²) < 4.78 is 12.9. The summed E-state index contributed by atoms with van der Waals surface area (Å²) in [5.41, 5.74) is 4.22. The van der Waals surface area contributed by atoms with Gasteiger partial charge in [0.1, 0.15) is 0 Å². The first kappa shape index (κ1) is 15.2. The van der Waals surface area contributed by atoms with Crippen LogP contribution in [-0.2, 0) is 13.1 Å². The molecule has 1 heterocycles. The highest BCUT2D eigenvalue weighted by atomic mass is 16.5. The first-order valence-electron chi connectivity index (χ1n) is 7.65. The smallest absolute Gasteiger partial charge is 0.165 e. The van der Waals surface area contributed by atoms with Crippen LogP contribution in [0.4, 0.5) is 5.69 Å². The number of nitrogens with one attached hydrogen (secondary N) is 1. The van der Waals surface area contributed by atoms with E-state index < -0.39 is 0 Å². The molecule has 2 aromatic carbocycles. The highest BCUT2D eigenvalue weighted by Gasteiger charge is 2.09. The molecule has 5 heteroatoms. The second-order valence-corrected chi connectivity index (χ2v) is 5.24. The van der Waals surface area contributed by atoms with Crippen molar-refractivity contribution in [3.8, 4) is 11.5 Å². The van der Waals surface area contributed by atoms with Crippen molar-refractivity contribution >= 4 is 16.7 Å². The molecule has 3 rings (SSSR count). The van der Waals surface area contributed by atoms with Crippen molar-refractivity contribution in [2.45, 2.75) is 20.0 Å². The Morgan fingerprint density at radius 3 is 2.74 bits per heavy atom. The van der Waals surface area contributed by atoms with Crippen LogP contribution in [0.25, 0.3) is 11.0 Å². The molecule has 23 heavy (non-hydrogen) atoms. The fourth-order valence-electron chi connectivity index (χ4n) is 2.72. The Balaban J connectivity index is 1.81. The number of para-hydroxylation sites is 1. The van der Waals surface area contributed by atoms with Crippen LogP contribution in [0.15, 0.2) is 42.7 Å². The van der Waals surface area contributed by atoms with Crippen molar-refractivity contribution in [2.24, 2.45) is 0 Å². The van der Waals surface area contributed by atoms with Crippen LogP contribution in [0.5, 0.6) is 11.5 Å². The van der Waals surface area contributed by atoms with Gasteiger partial charge in [-0.05, 0) is 31.2 Å². The normalized spacial score (nSPS) is 10.7. The van der Waals surface area contributed by atoms with Gasteiger partial charge in [-0.1, -0.05) is 12.1 Å². The topological polar surface area (TPSA) is 48.3 Å². The number of methoxy groups -OCH3 is 2. The number of aryl methyl sites for hydroxylation is 1. The molecule has 0 aliphatic heterocycles. The molecule has 1 N–H and O–H groups in total. The summed E-state index contributed by atoms with van der Waals surface area (Å²) in [5.74, 6) is 1.50. The third kappa shape index (κ3) is 2.95. The zero-order valence-corrected chi connectivity index (χ0v) is 13.7. The number of hydrogen-bond acceptors (Lipinski definition) is 4. The van der Waals surface area contributed by atoms with E-state index in [0.29, 0.717) is 6.54 Å². The molecule has 0 amide bonds. The molecule has 5 nitrogen and oxygen atoms in total. The number of benzene rings is 2. The summed E-state index contributed by atoms with van der Waals surface area (Å²) in [7, 11) is 3.30. The Labute approximate surface area is 135 Å². The summed E-state index contributed by atoms with van der Waals surface area (Å²) in [6.45, 7) is 3.69. The molecule has 3 aromatic rings. The summed E-state index contributed by atoms with van der Waals surface area (Å²) in [6.07, 6.45) is 1.87. The van der Waals surface area contributed by atoms with Gasteiger partial charge in [0.15, 0.2) is 11.5 Å². The van der Waals surface area contributed by atoms with Crippen molar-refractivity contribution < 1.29 is 9.47 Å². The number of rotatable bonds is 6. The number of anilines is 1. The molecule has 0 fully saturated rings. The molecular formula is C18H21N3O2. The minimum absolute atomic E-state index is 0.653. The standard InChI is InChI=1S/C18H21N3O2/c1-4-21-12-20-15-10-14(8-9-16(15)21)19-11-13-6-5-7-17(22-2)18(13)23-3/h5-10,12,19H,4,11H2,1-3H3. The fourth-order valence-corrected chi connectivity index (χ4v) is 2.72. The van der Waals surface area contributed by atoms with E-state index in [1.165, 1.54) is 0 Å². The number of ether oxygens (including phenoxy) is 2. The maximum atomic E-state index is 5.46. The molecule has 0 unspecified atom stereocenters. The third-order valence-corrected chi connectivity index (χ3v) is 3.93. The number of nitrogens with zero attached hydrogens (tertiary/aromatic N) is 2. The molecular weight excluding hydrogens is 290 g/mol. The zero-order chi connectivity index (χ0) is 16.2. The summed E-state index contributed by atoms with van der Waals surface area (Å²) in [5, 5.41) is 3.42. The van der Waals surface area contributed by atoms with Crippen molar-refractivity contribution in [2.75, 3.05) is 19.5 Å². The predicted molar refractivity (Wildman–Crippen MR) is 92.3 cm³/mol. The molecule has 0 spiro atoms. The highest BCUT2D eigenvalue weighted by molar-refractivity contribution is 5.79. The molecule has 0 atom stereocenters. The lowest BCUT2D eigenvalue weighted by atomic mass is 10.1. The molecule has 1 aromatic heterocycles. The summed E-state index contributed by atoms with van der Waals surface area (Å²) >= 11 is 0. The SMILES string of the molecule is CCn1cnc2cc(NCc3cccc(OC)c3OC)ccc21. The van der Waals surface area contributed by atoms with E-state index in [1.807, 2.05) is 24.5 Å². The predicted octanol–water partition coefficient (Wildman–Crippen LogP) is 3.69. The van der Waals surface area contributed by atoms with Gasteiger partial charge in [0, 0.05) is 24.3 Å². The largest absolute Gasteiger partial charge is 0.493 e. The van der Waals surface area contributed by atoms with Crippen LogP contribution in [0.3, 0.4) is 0 Å². The van der Waals surface area contributed by atoms with E-state index >= 15 is 0 Å². The monoisotopic (exact) mass is 311 g/mol. The van der Waals surface area contributed by atoms with E-state index in [9.17, 15) is 0 Å². The Hall–Kier alpha value is -2.69. The van der Waals surface area contributed by atoms with Crippen molar-refractivity contribution in [1.82, 2.24) is 9.55 Å². The number of imidazole rings is 1. The molecule has 0 aliphatic carbocycles. The van der Waals surface area contributed by atoms with Crippen LogP contribution in [0, 0.1) is 0 Å². The Morgan fingerprint density at radius 1 is 1.13 bits per heavy atom. The van der Waals surface area contributed by atoms with Gasteiger partial charge in [-0.15, -0.1) is 0 Å². The highest BCUT2D eigenvalue weighted by Crippen LogP contribution is 2.31. The van der Waals surface area contributed by atoms with Gasteiger partial charge >= 0.3 is 0 Å². The minimum atomic E-state index is 0.653. The van der Waals surface area contributed by atoms with E-state index in [1.54, 1.807) is 14.2 Å². The Bertz CT molecular complexity index is 811. The van der Waals surface area contributed by atoms with Gasteiger partial charge in [-0.25, -0.2) is 4.98 Å². The average molecular weight is 311 g/mol. The van der Waals surface area contributed by atoms with E-state index in [4.69, 9.17) is 9.47 Å². The molecule has 0 saturated carbocycles. The molecule has 0 saturated heterocycles. The second-order valence-electron chi connectivity index (χ2n) is 5.24. The Kier molecular flexibility index (Phi) is 4.37. The van der Waals surface area contributed by atoms with Crippen LogP contribution < -0.4 is 14.8 Å². The number of hydrogen-bond donors (Lipinski definition) is 1. The molecule has 0 radical (unpaired) electrons. The molecule has 0 aliphatic rings. The van der Waals surface area contributed by atoms with Gasteiger partial charge in [-0.3, -0.25) is 0 Å². The zero-order valence-electron chi connectivity index (χ0n) is 13.7. The van der Waals surface area contributed by atoms with E-state index in [2.05, 4.69) is 40.0 Å². The van der Waals surface area contributed by atoms with Crippen LogP contribution >= 0.6 is 0 Å². The summed E-state index contributed by atoms with van der Waals surface area (Å²) in [6, 6.07) is 12.1. The number of fused-ring (bicyclic) bond motifs is 1. The van der Waals surface area contributed by atoms with Crippen LogP contribution in [0.1, 0.15) is 12.5 Å². The summed E-state index contributed by atoms with van der Waals surface area (Å²) in [4.78, 5) is 4.44. The molecule has 0 bridgehead atoms. The van der Waals surface area contributed by atoms with Gasteiger partial charge in [-0.2, -0.15) is 0 Å². The lowest BCUT2D eigenvalue weighted by Gasteiger charge is -2.13. The van der Waals surface area contributed by atoms with Crippen molar-refractivity contribution in [3.05, 3.63) is 48.3 Å². The second kappa shape index (κ2) is 6.60. The first-order valence-corrected chi connectivity index (χ1v) is 7.65. The van der Waals surface area contributed by atoms with Gasteiger partial charge in [0.25, 0.3) is 0 Å². The Morgan fingerprint density at radius 2 is 2.00 bits per heavy atom. The number of aromatic nitrogens is 2. The van der Waals surface area contributed by atoms with Crippen LogP contribution in [-0.4, -0.2) is 23.8 Å². The first-order chi connectivity index (χ1) is 11.3. The van der Waals surface area contributed by atoms with E-state index in [0.717, 1.165) is 40.3 Å². The minimum Gasteiger partial charge on any atom is -0.493 e. The lowest BCUT2D eigenvalue weighted by Crippen LogP contribution is -2.03. The molecule has 120 valence electrons. The third-order valence-electron chi connectivity index (χ3n) is 3.93. The van der Waals surface area contributed by atoms with Gasteiger partial charge in [0.05, 0.1) is 31.6 Å². The lowest BCUT2D eigenvalue weighted by molar-refractivity contribution is 0.352. The maximum Gasteiger partial charge on any atom is 0.165 e. The van der Waals surface area contributed by atoms with Gasteiger partial charge < -0.3 is 19.4 Å². The van der Waals surface area contributed by atoms with E-state index in [-0.39, 0.29) is 0 Å².